The molecule has 2 heterocycles. The second-order valence-corrected chi connectivity index (χ2v) is 7.35. The molecule has 0 spiro atoms. The first-order chi connectivity index (χ1) is 7.52. The van der Waals surface area contributed by atoms with E-state index in [4.69, 9.17) is 0 Å². The smallest absolute Gasteiger partial charge is 0.223 e. The molecule has 0 aromatic heterocycles. The quantitative estimate of drug-likeness (QED) is 0.731. The van der Waals surface area contributed by atoms with Crippen LogP contribution in [-0.4, -0.2) is 49.1 Å². The minimum atomic E-state index is -2.83. The van der Waals surface area contributed by atoms with Gasteiger partial charge in [0.05, 0.1) is 11.5 Å². The van der Waals surface area contributed by atoms with Crippen molar-refractivity contribution in [3.05, 3.63) is 0 Å². The van der Waals surface area contributed by atoms with Gasteiger partial charge in [0.25, 0.3) is 0 Å². The predicted octanol–water partition coefficient (Wildman–Crippen LogP) is 0.342. The fraction of sp³-hybridized carbons (Fsp3) is 0.900. The van der Waals surface area contributed by atoms with Crippen LogP contribution in [0.15, 0.2) is 0 Å². The minimum absolute atomic E-state index is 0.140. The van der Waals surface area contributed by atoms with Gasteiger partial charge in [0, 0.05) is 19.0 Å². The number of nitrogens with zero attached hydrogens (tertiary/aromatic N) is 1. The molecule has 0 aromatic rings. The maximum Gasteiger partial charge on any atom is 0.223 e. The van der Waals surface area contributed by atoms with Crippen molar-refractivity contribution >= 4 is 28.4 Å². The highest BCUT2D eigenvalue weighted by Crippen LogP contribution is 2.26. The van der Waals surface area contributed by atoms with Gasteiger partial charge in [-0.05, 0) is 24.5 Å². The van der Waals surface area contributed by atoms with Crippen molar-refractivity contribution in [1.29, 1.82) is 0 Å². The maximum atomic E-state index is 11.7. The molecular weight excluding hydrogens is 246 g/mol. The molecule has 0 aromatic carbocycles. The van der Waals surface area contributed by atoms with Crippen molar-refractivity contribution in [3.8, 4) is 0 Å². The van der Waals surface area contributed by atoms with Crippen molar-refractivity contribution in [2.24, 2.45) is 5.92 Å². The molecule has 6 heteroatoms. The van der Waals surface area contributed by atoms with Crippen LogP contribution < -0.4 is 0 Å². The average Bonchev–Trinajstić information content (AvgIpc) is 2.60. The average molecular weight is 263 g/mol. The molecule has 0 aliphatic carbocycles. The van der Waals surface area contributed by atoms with Crippen molar-refractivity contribution in [2.75, 3.05) is 23.8 Å². The summed E-state index contributed by atoms with van der Waals surface area (Å²) in [7, 11) is -2.83. The molecule has 1 unspecified atom stereocenters. The highest BCUT2D eigenvalue weighted by molar-refractivity contribution is 7.91. The highest BCUT2D eigenvalue weighted by Gasteiger charge is 2.36. The number of sulfone groups is 1. The molecule has 1 amide bonds. The van der Waals surface area contributed by atoms with Gasteiger partial charge < -0.3 is 4.90 Å². The first-order valence-corrected chi connectivity index (χ1v) is 8.08. The van der Waals surface area contributed by atoms with Gasteiger partial charge in [-0.25, -0.2) is 8.42 Å². The molecule has 2 rings (SSSR count). The zero-order valence-electron chi connectivity index (χ0n) is 9.13. The Hall–Kier alpha value is -0.230. The number of likely N-dealkylation sites (tertiary alicyclic amines) is 1. The number of thiol groups is 1. The first-order valence-electron chi connectivity index (χ1n) is 5.62. The van der Waals surface area contributed by atoms with Crippen molar-refractivity contribution in [3.63, 3.8) is 0 Å². The summed E-state index contributed by atoms with van der Waals surface area (Å²) in [5.74, 6) is 1.70. The van der Waals surface area contributed by atoms with Crippen molar-refractivity contribution < 1.29 is 13.2 Å². The molecule has 0 saturated carbocycles. The van der Waals surface area contributed by atoms with E-state index in [1.807, 2.05) is 4.90 Å². The molecule has 2 fully saturated rings. The van der Waals surface area contributed by atoms with Gasteiger partial charge in [-0.15, -0.1) is 0 Å². The lowest BCUT2D eigenvalue weighted by Gasteiger charge is -2.31. The summed E-state index contributed by atoms with van der Waals surface area (Å²) in [4.78, 5) is 13.6. The second kappa shape index (κ2) is 4.56. The van der Waals surface area contributed by atoms with E-state index in [-0.39, 0.29) is 23.5 Å². The van der Waals surface area contributed by atoms with Crippen molar-refractivity contribution in [2.45, 2.75) is 25.3 Å². The molecule has 1 atom stereocenters. The van der Waals surface area contributed by atoms with Gasteiger partial charge in [0.15, 0.2) is 0 Å². The SMILES string of the molecule is O=C1CC(CS)CN1C1CCS(=O)(=O)CC1. The van der Waals surface area contributed by atoms with Crippen LogP contribution in [0.25, 0.3) is 0 Å². The van der Waals surface area contributed by atoms with Crippen LogP contribution >= 0.6 is 12.6 Å². The van der Waals surface area contributed by atoms with E-state index in [2.05, 4.69) is 12.6 Å². The monoisotopic (exact) mass is 263 g/mol. The number of hydrogen-bond acceptors (Lipinski definition) is 4. The second-order valence-electron chi connectivity index (χ2n) is 4.68. The van der Waals surface area contributed by atoms with Gasteiger partial charge in [-0.3, -0.25) is 4.79 Å². The Morgan fingerprint density at radius 3 is 2.44 bits per heavy atom. The molecular formula is C10H17NO3S2. The zero-order chi connectivity index (χ0) is 11.8. The Kier molecular flexibility index (Phi) is 3.49. The maximum absolute atomic E-state index is 11.7. The van der Waals surface area contributed by atoms with Crippen molar-refractivity contribution in [1.82, 2.24) is 4.90 Å². The molecule has 2 saturated heterocycles. The Bertz CT molecular complexity index is 366. The van der Waals surface area contributed by atoms with Crippen LogP contribution in [0, 0.1) is 5.92 Å². The van der Waals surface area contributed by atoms with Gasteiger partial charge >= 0.3 is 0 Å². The number of carbonyl (C=O) groups is 1. The van der Waals surface area contributed by atoms with E-state index < -0.39 is 9.84 Å². The zero-order valence-corrected chi connectivity index (χ0v) is 10.8. The highest BCUT2D eigenvalue weighted by atomic mass is 32.2. The van der Waals surface area contributed by atoms with Crippen LogP contribution in [0.3, 0.4) is 0 Å². The molecule has 0 radical (unpaired) electrons. The predicted molar refractivity (Wildman–Crippen MR) is 65.3 cm³/mol. The van der Waals surface area contributed by atoms with Gasteiger partial charge in [0.1, 0.15) is 9.84 Å². The van der Waals surface area contributed by atoms with Crippen LogP contribution in [0.4, 0.5) is 0 Å². The van der Waals surface area contributed by atoms with E-state index in [0.717, 1.165) is 12.3 Å². The lowest BCUT2D eigenvalue weighted by molar-refractivity contribution is -0.129. The summed E-state index contributed by atoms with van der Waals surface area (Å²) in [6.45, 7) is 0.757. The molecule has 16 heavy (non-hydrogen) atoms. The van der Waals surface area contributed by atoms with E-state index in [9.17, 15) is 13.2 Å². The molecule has 2 aliphatic heterocycles. The van der Waals surface area contributed by atoms with Crippen LogP contribution in [0.5, 0.6) is 0 Å². The van der Waals surface area contributed by atoms with Gasteiger partial charge in [0.2, 0.25) is 5.91 Å². The van der Waals surface area contributed by atoms with Gasteiger partial charge in [-0.2, -0.15) is 12.6 Å². The summed E-state index contributed by atoms with van der Waals surface area (Å²) in [6, 6.07) is 0.140. The Morgan fingerprint density at radius 1 is 1.31 bits per heavy atom. The standard InChI is InChI=1S/C10H17NO3S2/c12-10-5-8(7-15)6-11(10)9-1-3-16(13,14)4-2-9/h8-9,15H,1-7H2. The number of hydrogen-bond donors (Lipinski definition) is 1. The van der Waals surface area contributed by atoms with Gasteiger partial charge in [-0.1, -0.05) is 0 Å². The third-order valence-electron chi connectivity index (χ3n) is 3.46. The Balaban J connectivity index is 1.97. The molecule has 4 nitrogen and oxygen atoms in total. The molecule has 0 N–H and O–H groups in total. The third-order valence-corrected chi connectivity index (χ3v) is 5.69. The number of carbonyl (C=O) groups excluding carboxylic acids is 1. The molecule has 0 bridgehead atoms. The fourth-order valence-corrected chi connectivity index (χ4v) is 4.18. The largest absolute Gasteiger partial charge is 0.339 e. The van der Waals surface area contributed by atoms with E-state index >= 15 is 0 Å². The van der Waals surface area contributed by atoms with Crippen LogP contribution in [-0.2, 0) is 14.6 Å². The summed E-state index contributed by atoms with van der Waals surface area (Å²) in [5, 5.41) is 0. The van der Waals surface area contributed by atoms with E-state index in [1.165, 1.54) is 0 Å². The minimum Gasteiger partial charge on any atom is -0.339 e. The lowest BCUT2D eigenvalue weighted by Crippen LogP contribution is -2.42. The first kappa shape index (κ1) is 12.2. The topological polar surface area (TPSA) is 54.5 Å². The fourth-order valence-electron chi connectivity index (χ4n) is 2.47. The Morgan fingerprint density at radius 2 is 1.94 bits per heavy atom. The molecule has 2 aliphatic rings. The normalized spacial score (nSPS) is 30.9. The summed E-state index contributed by atoms with van der Waals surface area (Å²) < 4.78 is 22.6. The van der Waals surface area contributed by atoms with E-state index in [0.29, 0.717) is 25.2 Å². The third kappa shape index (κ3) is 2.53. The summed E-state index contributed by atoms with van der Waals surface area (Å²) in [6.07, 6.45) is 1.79. The number of amides is 1. The van der Waals surface area contributed by atoms with E-state index in [1.54, 1.807) is 0 Å². The molecule has 92 valence electrons. The summed E-state index contributed by atoms with van der Waals surface area (Å²) in [5.41, 5.74) is 0. The summed E-state index contributed by atoms with van der Waals surface area (Å²) >= 11 is 4.21. The number of rotatable bonds is 2. The van der Waals surface area contributed by atoms with Crippen LogP contribution in [0.2, 0.25) is 0 Å². The lowest BCUT2D eigenvalue weighted by atomic mass is 10.1. The Labute approximate surface area is 102 Å². The van der Waals surface area contributed by atoms with Crippen LogP contribution in [0.1, 0.15) is 19.3 Å².